The summed E-state index contributed by atoms with van der Waals surface area (Å²) in [6.45, 7) is 3.17. The highest BCUT2D eigenvalue weighted by Crippen LogP contribution is 2.05. The zero-order valence-corrected chi connectivity index (χ0v) is 14.8. The minimum atomic E-state index is -1.82. The fourth-order valence-corrected chi connectivity index (χ4v) is 2.16. The van der Waals surface area contributed by atoms with E-state index in [-0.39, 0.29) is 0 Å². The average Bonchev–Trinajstić information content (AvgIpc) is 2.66. The molecular formula is C21H25NO4. The van der Waals surface area contributed by atoms with Gasteiger partial charge in [-0.25, -0.2) is 9.59 Å². The Balaban J connectivity index is 0.000000487. The Kier molecular flexibility index (Phi) is 10.1. The van der Waals surface area contributed by atoms with Crippen LogP contribution < -0.4 is 5.32 Å². The second-order valence-electron chi connectivity index (χ2n) is 5.76. The number of carbonyl (C=O) groups is 2. The molecule has 1 atom stereocenters. The Morgan fingerprint density at radius 1 is 0.962 bits per heavy atom. The van der Waals surface area contributed by atoms with Crippen LogP contribution in [0.3, 0.4) is 0 Å². The van der Waals surface area contributed by atoms with Gasteiger partial charge in [0.2, 0.25) is 0 Å². The van der Waals surface area contributed by atoms with Crippen LogP contribution in [0.15, 0.2) is 66.7 Å². The molecule has 0 saturated carbocycles. The maximum atomic E-state index is 9.10. The summed E-state index contributed by atoms with van der Waals surface area (Å²) in [7, 11) is 0. The molecule has 26 heavy (non-hydrogen) atoms. The van der Waals surface area contributed by atoms with E-state index in [9.17, 15) is 0 Å². The highest BCUT2D eigenvalue weighted by molar-refractivity contribution is 6.27. The number of benzene rings is 2. The molecule has 0 fully saturated rings. The van der Waals surface area contributed by atoms with Crippen molar-refractivity contribution in [2.75, 3.05) is 6.54 Å². The number of hydrogen-bond acceptors (Lipinski definition) is 3. The summed E-state index contributed by atoms with van der Waals surface area (Å²) >= 11 is 0. The van der Waals surface area contributed by atoms with Crippen molar-refractivity contribution in [3.63, 3.8) is 0 Å². The molecule has 0 aliphatic carbocycles. The summed E-state index contributed by atoms with van der Waals surface area (Å²) in [6, 6.07) is 21.6. The van der Waals surface area contributed by atoms with E-state index in [0.29, 0.717) is 6.04 Å². The monoisotopic (exact) mass is 355 g/mol. The molecule has 0 heterocycles. The Morgan fingerprint density at radius 2 is 1.50 bits per heavy atom. The molecule has 2 rings (SSSR count). The van der Waals surface area contributed by atoms with Gasteiger partial charge >= 0.3 is 11.9 Å². The molecule has 0 bridgehead atoms. The first-order chi connectivity index (χ1) is 12.5. The van der Waals surface area contributed by atoms with Crippen LogP contribution in [0.2, 0.25) is 0 Å². The van der Waals surface area contributed by atoms with Crippen LogP contribution in [-0.4, -0.2) is 34.7 Å². The maximum Gasteiger partial charge on any atom is 0.414 e. The Hall–Kier alpha value is -2.92. The fourth-order valence-electron chi connectivity index (χ4n) is 2.16. The number of carboxylic acids is 2. The van der Waals surface area contributed by atoms with Crippen LogP contribution in [0.5, 0.6) is 0 Å². The second kappa shape index (κ2) is 12.4. The van der Waals surface area contributed by atoms with Crippen molar-refractivity contribution < 1.29 is 19.8 Å². The third kappa shape index (κ3) is 10.1. The molecule has 5 nitrogen and oxygen atoms in total. The topological polar surface area (TPSA) is 86.6 Å². The van der Waals surface area contributed by atoms with Gasteiger partial charge < -0.3 is 15.5 Å². The summed E-state index contributed by atoms with van der Waals surface area (Å²) in [5, 5.41) is 18.3. The summed E-state index contributed by atoms with van der Waals surface area (Å²) < 4.78 is 0. The molecule has 2 aromatic rings. The highest BCUT2D eigenvalue weighted by Gasteiger charge is 2.04. The van der Waals surface area contributed by atoms with Crippen LogP contribution in [-0.2, 0) is 16.0 Å². The van der Waals surface area contributed by atoms with Crippen molar-refractivity contribution in [1.29, 1.82) is 0 Å². The first kappa shape index (κ1) is 21.1. The number of aryl methyl sites for hydroxylation is 1. The van der Waals surface area contributed by atoms with Crippen molar-refractivity contribution in [2.24, 2.45) is 0 Å². The van der Waals surface area contributed by atoms with Crippen molar-refractivity contribution in [3.8, 4) is 0 Å². The lowest BCUT2D eigenvalue weighted by Crippen LogP contribution is -2.26. The number of hydrogen-bond donors (Lipinski definition) is 3. The predicted molar refractivity (Wildman–Crippen MR) is 103 cm³/mol. The van der Waals surface area contributed by atoms with E-state index in [2.05, 4.69) is 79.0 Å². The minimum absolute atomic E-state index is 0.538. The molecule has 1 unspecified atom stereocenters. The van der Waals surface area contributed by atoms with Crippen molar-refractivity contribution in [2.45, 2.75) is 25.8 Å². The predicted octanol–water partition coefficient (Wildman–Crippen LogP) is 3.47. The third-order valence-electron chi connectivity index (χ3n) is 3.59. The molecule has 3 N–H and O–H groups in total. The molecule has 5 heteroatoms. The minimum Gasteiger partial charge on any atom is -0.473 e. The number of rotatable bonds is 7. The van der Waals surface area contributed by atoms with Crippen LogP contribution >= 0.6 is 0 Å². The Bertz CT molecular complexity index is 672. The van der Waals surface area contributed by atoms with Crippen LogP contribution in [0.4, 0.5) is 0 Å². The van der Waals surface area contributed by atoms with E-state index < -0.39 is 11.9 Å². The standard InChI is InChI=1S/C19H23N.C2H2O4/c1-17(14-15-19-11-6-3-7-12-19)20-16-8-13-18-9-4-2-5-10-18;3-1(4)2(5)6/h2-13,17,20H,14-16H2,1H3;(H,3,4)(H,5,6)/b13-8-;. The smallest absolute Gasteiger partial charge is 0.414 e. The van der Waals surface area contributed by atoms with Gasteiger partial charge in [-0.1, -0.05) is 72.8 Å². The van der Waals surface area contributed by atoms with Gasteiger partial charge in [-0.2, -0.15) is 0 Å². The molecule has 2 aromatic carbocycles. The van der Waals surface area contributed by atoms with Crippen LogP contribution in [0.1, 0.15) is 24.5 Å². The lowest BCUT2D eigenvalue weighted by Gasteiger charge is -2.12. The van der Waals surface area contributed by atoms with E-state index in [4.69, 9.17) is 19.8 Å². The van der Waals surface area contributed by atoms with E-state index in [0.717, 1.165) is 13.0 Å². The normalized spacial score (nSPS) is 11.4. The van der Waals surface area contributed by atoms with Gasteiger partial charge in [0.1, 0.15) is 0 Å². The Morgan fingerprint density at radius 3 is 2.04 bits per heavy atom. The quantitative estimate of drug-likeness (QED) is 0.662. The molecule has 0 aromatic heterocycles. The first-order valence-corrected chi connectivity index (χ1v) is 8.44. The third-order valence-corrected chi connectivity index (χ3v) is 3.59. The zero-order chi connectivity index (χ0) is 19.2. The molecule has 138 valence electrons. The van der Waals surface area contributed by atoms with E-state index in [1.165, 1.54) is 17.5 Å². The lowest BCUT2D eigenvalue weighted by atomic mass is 10.1. The number of carboxylic acid groups (broad SMARTS) is 2. The van der Waals surface area contributed by atoms with Crippen molar-refractivity contribution >= 4 is 18.0 Å². The van der Waals surface area contributed by atoms with E-state index in [1.807, 2.05) is 6.07 Å². The summed E-state index contributed by atoms with van der Waals surface area (Å²) in [4.78, 5) is 18.2. The van der Waals surface area contributed by atoms with Crippen LogP contribution in [0.25, 0.3) is 6.08 Å². The van der Waals surface area contributed by atoms with Crippen LogP contribution in [0, 0.1) is 0 Å². The fraction of sp³-hybridized carbons (Fsp3) is 0.238. The summed E-state index contributed by atoms with van der Waals surface area (Å²) in [5.41, 5.74) is 2.67. The molecular weight excluding hydrogens is 330 g/mol. The lowest BCUT2D eigenvalue weighted by molar-refractivity contribution is -0.159. The number of aliphatic carboxylic acids is 2. The summed E-state index contributed by atoms with van der Waals surface area (Å²) in [5.74, 6) is -3.65. The molecule has 0 amide bonds. The molecule has 0 radical (unpaired) electrons. The van der Waals surface area contributed by atoms with Gasteiger partial charge in [-0.3, -0.25) is 0 Å². The SMILES string of the molecule is CC(CCc1ccccc1)NC/C=C\c1ccccc1.O=C(O)C(=O)O. The van der Waals surface area contributed by atoms with E-state index in [1.54, 1.807) is 0 Å². The molecule has 0 aliphatic rings. The van der Waals surface area contributed by atoms with Crippen molar-refractivity contribution in [3.05, 3.63) is 77.9 Å². The van der Waals surface area contributed by atoms with Gasteiger partial charge in [0.05, 0.1) is 0 Å². The van der Waals surface area contributed by atoms with Gasteiger partial charge in [0.15, 0.2) is 0 Å². The maximum absolute atomic E-state index is 9.10. The van der Waals surface area contributed by atoms with Gasteiger partial charge in [0.25, 0.3) is 0 Å². The highest BCUT2D eigenvalue weighted by atomic mass is 16.4. The average molecular weight is 355 g/mol. The largest absolute Gasteiger partial charge is 0.473 e. The van der Waals surface area contributed by atoms with Gasteiger partial charge in [-0.05, 0) is 30.9 Å². The molecule has 0 saturated heterocycles. The number of nitrogens with one attached hydrogen (secondary N) is 1. The first-order valence-electron chi connectivity index (χ1n) is 8.44. The zero-order valence-electron chi connectivity index (χ0n) is 14.8. The summed E-state index contributed by atoms with van der Waals surface area (Å²) in [6.07, 6.45) is 6.66. The molecule has 0 spiro atoms. The second-order valence-corrected chi connectivity index (χ2v) is 5.76. The Labute approximate surface area is 154 Å². The van der Waals surface area contributed by atoms with Gasteiger partial charge in [0, 0.05) is 12.6 Å². The van der Waals surface area contributed by atoms with E-state index >= 15 is 0 Å². The van der Waals surface area contributed by atoms with Crippen molar-refractivity contribution in [1.82, 2.24) is 5.32 Å². The van der Waals surface area contributed by atoms with Gasteiger partial charge in [-0.15, -0.1) is 0 Å². The molecule has 0 aliphatic heterocycles.